The van der Waals surface area contributed by atoms with Gasteiger partial charge in [0.15, 0.2) is 0 Å². The van der Waals surface area contributed by atoms with Crippen LogP contribution < -0.4 is 5.73 Å². The second-order valence-corrected chi connectivity index (χ2v) is 3.88. The van der Waals surface area contributed by atoms with Gasteiger partial charge in [0.05, 0.1) is 5.69 Å². The fourth-order valence-corrected chi connectivity index (χ4v) is 1.88. The van der Waals surface area contributed by atoms with Crippen molar-refractivity contribution in [3.05, 3.63) is 17.5 Å². The highest BCUT2D eigenvalue weighted by atomic mass is 16.5. The molecule has 78 valence electrons. The standard InChI is InChI=1S/C10H17N3O/c11-6-10-5-9(12-13-10)4-8-2-1-3-14-7-8/h5,8H,1-4,6-7,11H2,(H,12,13). The molecule has 0 amide bonds. The summed E-state index contributed by atoms with van der Waals surface area (Å²) in [6.07, 6.45) is 3.44. The first-order valence-corrected chi connectivity index (χ1v) is 5.19. The Kier molecular flexibility index (Phi) is 3.16. The summed E-state index contributed by atoms with van der Waals surface area (Å²) in [6.45, 7) is 2.34. The monoisotopic (exact) mass is 195 g/mol. The largest absolute Gasteiger partial charge is 0.381 e. The van der Waals surface area contributed by atoms with Crippen molar-refractivity contribution in [2.45, 2.75) is 25.8 Å². The molecule has 1 aromatic heterocycles. The predicted octanol–water partition coefficient (Wildman–Crippen LogP) is 0.837. The van der Waals surface area contributed by atoms with Gasteiger partial charge in [-0.3, -0.25) is 5.10 Å². The lowest BCUT2D eigenvalue weighted by molar-refractivity contribution is 0.0547. The van der Waals surface area contributed by atoms with Gasteiger partial charge in [0.1, 0.15) is 0 Å². The number of hydrogen-bond acceptors (Lipinski definition) is 3. The summed E-state index contributed by atoms with van der Waals surface area (Å²) in [5.74, 6) is 0.637. The molecule has 1 saturated heterocycles. The third-order valence-corrected chi connectivity index (χ3v) is 2.66. The van der Waals surface area contributed by atoms with E-state index >= 15 is 0 Å². The predicted molar refractivity (Wildman–Crippen MR) is 53.7 cm³/mol. The van der Waals surface area contributed by atoms with Gasteiger partial charge < -0.3 is 10.5 Å². The first-order chi connectivity index (χ1) is 6.88. The van der Waals surface area contributed by atoms with Crippen LogP contribution in [0.2, 0.25) is 0 Å². The molecule has 0 radical (unpaired) electrons. The molecule has 2 heterocycles. The van der Waals surface area contributed by atoms with E-state index in [2.05, 4.69) is 16.3 Å². The zero-order valence-electron chi connectivity index (χ0n) is 8.33. The lowest BCUT2D eigenvalue weighted by Crippen LogP contribution is -2.19. The third-order valence-electron chi connectivity index (χ3n) is 2.66. The Hall–Kier alpha value is -0.870. The van der Waals surface area contributed by atoms with Gasteiger partial charge in [0.25, 0.3) is 0 Å². The number of aromatic nitrogens is 2. The van der Waals surface area contributed by atoms with Crippen LogP contribution in [-0.2, 0) is 17.7 Å². The van der Waals surface area contributed by atoms with Gasteiger partial charge >= 0.3 is 0 Å². The zero-order chi connectivity index (χ0) is 9.80. The maximum absolute atomic E-state index is 5.50. The van der Waals surface area contributed by atoms with E-state index in [4.69, 9.17) is 10.5 Å². The van der Waals surface area contributed by atoms with E-state index < -0.39 is 0 Å². The SMILES string of the molecule is NCc1cc(CC2CCCOC2)n[nH]1. The number of H-pyrrole nitrogens is 1. The van der Waals surface area contributed by atoms with Crippen molar-refractivity contribution in [3.63, 3.8) is 0 Å². The molecule has 14 heavy (non-hydrogen) atoms. The van der Waals surface area contributed by atoms with Gasteiger partial charge in [-0.05, 0) is 31.2 Å². The van der Waals surface area contributed by atoms with Crippen LogP contribution in [0.15, 0.2) is 6.07 Å². The van der Waals surface area contributed by atoms with Crippen molar-refractivity contribution in [1.82, 2.24) is 10.2 Å². The van der Waals surface area contributed by atoms with Crippen LogP contribution in [0.1, 0.15) is 24.2 Å². The van der Waals surface area contributed by atoms with Gasteiger partial charge in [-0.1, -0.05) is 0 Å². The molecule has 1 aliphatic heterocycles. The minimum absolute atomic E-state index is 0.536. The van der Waals surface area contributed by atoms with Crippen LogP contribution in [-0.4, -0.2) is 23.4 Å². The highest BCUT2D eigenvalue weighted by Crippen LogP contribution is 2.17. The number of rotatable bonds is 3. The van der Waals surface area contributed by atoms with Crippen LogP contribution in [0.3, 0.4) is 0 Å². The molecule has 4 nitrogen and oxygen atoms in total. The zero-order valence-corrected chi connectivity index (χ0v) is 8.33. The number of hydrogen-bond donors (Lipinski definition) is 2. The average molecular weight is 195 g/mol. The Bertz CT molecular complexity index is 279. The Morgan fingerprint density at radius 2 is 2.57 bits per heavy atom. The topological polar surface area (TPSA) is 63.9 Å². The Balaban J connectivity index is 1.89. The minimum atomic E-state index is 0.536. The molecule has 1 fully saturated rings. The first kappa shape index (κ1) is 9.68. The molecular weight excluding hydrogens is 178 g/mol. The molecule has 1 unspecified atom stereocenters. The van der Waals surface area contributed by atoms with Crippen LogP contribution in [0.5, 0.6) is 0 Å². The quantitative estimate of drug-likeness (QED) is 0.751. The van der Waals surface area contributed by atoms with Crippen LogP contribution >= 0.6 is 0 Å². The molecule has 1 aromatic rings. The molecule has 3 N–H and O–H groups in total. The first-order valence-electron chi connectivity index (χ1n) is 5.19. The van der Waals surface area contributed by atoms with Crippen molar-refractivity contribution in [3.8, 4) is 0 Å². The normalized spacial score (nSPS) is 22.5. The molecule has 1 atom stereocenters. The van der Waals surface area contributed by atoms with E-state index in [1.807, 2.05) is 0 Å². The molecule has 0 aliphatic carbocycles. The van der Waals surface area contributed by atoms with E-state index in [1.165, 1.54) is 12.8 Å². The van der Waals surface area contributed by atoms with E-state index in [-0.39, 0.29) is 0 Å². The maximum Gasteiger partial charge on any atom is 0.0629 e. The van der Waals surface area contributed by atoms with E-state index in [1.54, 1.807) is 0 Å². The van der Waals surface area contributed by atoms with Crippen LogP contribution in [0.4, 0.5) is 0 Å². The maximum atomic E-state index is 5.50. The van der Waals surface area contributed by atoms with Crippen molar-refractivity contribution >= 4 is 0 Å². The molecule has 0 spiro atoms. The number of nitrogens with two attached hydrogens (primary N) is 1. The summed E-state index contributed by atoms with van der Waals surface area (Å²) in [6, 6.07) is 2.05. The number of ether oxygens (including phenoxy) is 1. The summed E-state index contributed by atoms with van der Waals surface area (Å²) >= 11 is 0. The number of nitrogens with one attached hydrogen (secondary N) is 1. The fraction of sp³-hybridized carbons (Fsp3) is 0.700. The lowest BCUT2D eigenvalue weighted by atomic mass is 9.97. The van der Waals surface area contributed by atoms with Crippen molar-refractivity contribution < 1.29 is 4.74 Å². The van der Waals surface area contributed by atoms with Crippen molar-refractivity contribution in [1.29, 1.82) is 0 Å². The summed E-state index contributed by atoms with van der Waals surface area (Å²) in [5.41, 5.74) is 7.62. The van der Waals surface area contributed by atoms with Gasteiger partial charge in [0, 0.05) is 25.5 Å². The Morgan fingerprint density at radius 3 is 3.21 bits per heavy atom. The van der Waals surface area contributed by atoms with E-state index in [0.717, 1.165) is 31.0 Å². The van der Waals surface area contributed by atoms with E-state index in [9.17, 15) is 0 Å². The fourth-order valence-electron chi connectivity index (χ4n) is 1.88. The summed E-state index contributed by atoms with van der Waals surface area (Å²) in [4.78, 5) is 0. The highest BCUT2D eigenvalue weighted by Gasteiger charge is 2.15. The van der Waals surface area contributed by atoms with Crippen LogP contribution in [0, 0.1) is 5.92 Å². The summed E-state index contributed by atoms with van der Waals surface area (Å²) in [5, 5.41) is 7.15. The molecule has 0 aromatic carbocycles. The molecule has 2 rings (SSSR count). The molecule has 0 saturated carbocycles. The summed E-state index contributed by atoms with van der Waals surface area (Å²) in [7, 11) is 0. The Morgan fingerprint density at radius 1 is 1.64 bits per heavy atom. The molecular formula is C10H17N3O. The third kappa shape index (κ3) is 2.33. The van der Waals surface area contributed by atoms with Crippen molar-refractivity contribution in [2.75, 3.05) is 13.2 Å². The second kappa shape index (κ2) is 4.57. The number of nitrogens with zero attached hydrogens (tertiary/aromatic N) is 1. The highest BCUT2D eigenvalue weighted by molar-refractivity contribution is 5.08. The van der Waals surface area contributed by atoms with Gasteiger partial charge in [-0.2, -0.15) is 5.10 Å². The van der Waals surface area contributed by atoms with Gasteiger partial charge in [-0.25, -0.2) is 0 Å². The van der Waals surface area contributed by atoms with E-state index in [0.29, 0.717) is 12.5 Å². The molecule has 1 aliphatic rings. The van der Waals surface area contributed by atoms with Gasteiger partial charge in [0.2, 0.25) is 0 Å². The molecule has 4 heteroatoms. The lowest BCUT2D eigenvalue weighted by Gasteiger charge is -2.20. The minimum Gasteiger partial charge on any atom is -0.381 e. The Labute approximate surface area is 83.8 Å². The molecule has 0 bridgehead atoms. The van der Waals surface area contributed by atoms with Crippen molar-refractivity contribution in [2.24, 2.45) is 11.7 Å². The average Bonchev–Trinajstić information content (AvgIpc) is 2.67. The summed E-state index contributed by atoms with van der Waals surface area (Å²) < 4.78 is 5.42. The number of aromatic amines is 1. The smallest absolute Gasteiger partial charge is 0.0629 e. The second-order valence-electron chi connectivity index (χ2n) is 3.88. The van der Waals surface area contributed by atoms with Crippen LogP contribution in [0.25, 0.3) is 0 Å². The van der Waals surface area contributed by atoms with Gasteiger partial charge in [-0.15, -0.1) is 0 Å².